The van der Waals surface area contributed by atoms with Crippen LogP contribution in [-0.2, 0) is 0 Å². The number of hydrogen-bond acceptors (Lipinski definition) is 2. The summed E-state index contributed by atoms with van der Waals surface area (Å²) in [5.74, 6) is 0. The van der Waals surface area contributed by atoms with Gasteiger partial charge in [0.25, 0.3) is 0 Å². The Hall–Kier alpha value is -0.371. The standard InChI is InChI=1S/C6H3ClN2Se/c7-6-5-4(1-2-10-5)8-3-9-6/h1-3H. The summed E-state index contributed by atoms with van der Waals surface area (Å²) in [6.45, 7) is 0. The molecule has 0 aliphatic carbocycles. The monoisotopic (exact) mass is 218 g/mol. The van der Waals surface area contributed by atoms with E-state index in [0.29, 0.717) is 19.7 Å². The van der Waals surface area contributed by atoms with Crippen LogP contribution in [-0.4, -0.2) is 24.5 Å². The molecule has 10 heavy (non-hydrogen) atoms. The molecule has 2 aromatic rings. The van der Waals surface area contributed by atoms with E-state index >= 15 is 0 Å². The van der Waals surface area contributed by atoms with Crippen molar-refractivity contribution in [3.05, 3.63) is 22.5 Å². The van der Waals surface area contributed by atoms with Gasteiger partial charge in [-0.1, -0.05) is 0 Å². The summed E-state index contributed by atoms with van der Waals surface area (Å²) in [6.07, 6.45) is 1.49. The van der Waals surface area contributed by atoms with Gasteiger partial charge >= 0.3 is 68.3 Å². The van der Waals surface area contributed by atoms with Gasteiger partial charge in [0.2, 0.25) is 0 Å². The van der Waals surface area contributed by atoms with E-state index in [1.54, 1.807) is 0 Å². The van der Waals surface area contributed by atoms with Crippen molar-refractivity contribution in [1.29, 1.82) is 0 Å². The van der Waals surface area contributed by atoms with E-state index in [-0.39, 0.29) is 0 Å². The van der Waals surface area contributed by atoms with Gasteiger partial charge in [0.15, 0.2) is 0 Å². The number of aromatic nitrogens is 2. The van der Waals surface area contributed by atoms with Crippen molar-refractivity contribution in [2.45, 2.75) is 0 Å². The van der Waals surface area contributed by atoms with Gasteiger partial charge in [-0.3, -0.25) is 0 Å². The molecular weight excluding hydrogens is 214 g/mol. The van der Waals surface area contributed by atoms with E-state index in [0.717, 1.165) is 9.78 Å². The van der Waals surface area contributed by atoms with Crippen molar-refractivity contribution in [3.63, 3.8) is 0 Å². The molecule has 0 aliphatic heterocycles. The molecule has 4 heteroatoms. The summed E-state index contributed by atoms with van der Waals surface area (Å²) < 4.78 is 1.11. The Balaban J connectivity index is 2.95. The fraction of sp³-hybridized carbons (Fsp3) is 0. The first-order valence-electron chi connectivity index (χ1n) is 2.71. The van der Waals surface area contributed by atoms with E-state index < -0.39 is 0 Å². The van der Waals surface area contributed by atoms with Crippen LogP contribution in [0, 0.1) is 0 Å². The van der Waals surface area contributed by atoms with Crippen LogP contribution in [0.2, 0.25) is 5.15 Å². The molecule has 0 fully saturated rings. The van der Waals surface area contributed by atoms with Crippen LogP contribution < -0.4 is 0 Å². The molecule has 2 rings (SSSR count). The second-order valence-corrected chi connectivity index (χ2v) is 4.08. The van der Waals surface area contributed by atoms with Gasteiger partial charge < -0.3 is 0 Å². The molecule has 0 bridgehead atoms. The molecule has 2 nitrogen and oxygen atoms in total. The predicted molar refractivity (Wildman–Crippen MR) is 41.5 cm³/mol. The second-order valence-electron chi connectivity index (χ2n) is 1.80. The van der Waals surface area contributed by atoms with E-state index in [9.17, 15) is 0 Å². The number of fused-ring (bicyclic) bond motifs is 1. The van der Waals surface area contributed by atoms with E-state index in [2.05, 4.69) is 14.9 Å². The minimum atomic E-state index is 0.355. The van der Waals surface area contributed by atoms with Crippen LogP contribution >= 0.6 is 11.6 Å². The van der Waals surface area contributed by atoms with Crippen molar-refractivity contribution in [2.24, 2.45) is 0 Å². The third-order valence-corrected chi connectivity index (χ3v) is 3.65. The Morgan fingerprint density at radius 2 is 2.30 bits per heavy atom. The van der Waals surface area contributed by atoms with Crippen molar-refractivity contribution < 1.29 is 0 Å². The zero-order chi connectivity index (χ0) is 6.97. The zero-order valence-corrected chi connectivity index (χ0v) is 7.38. The normalized spacial score (nSPS) is 10.5. The predicted octanol–water partition coefficient (Wildman–Crippen LogP) is 1.34. The summed E-state index contributed by atoms with van der Waals surface area (Å²) in [7, 11) is 0. The van der Waals surface area contributed by atoms with Crippen LogP contribution in [0.25, 0.3) is 9.78 Å². The van der Waals surface area contributed by atoms with E-state index in [1.165, 1.54) is 6.33 Å². The molecule has 0 amide bonds. The van der Waals surface area contributed by atoms with Gasteiger partial charge in [-0.15, -0.1) is 0 Å². The number of halogens is 1. The minimum absolute atomic E-state index is 0.355. The average Bonchev–Trinajstić information content (AvgIpc) is 2.36. The first kappa shape index (κ1) is 6.35. The van der Waals surface area contributed by atoms with Crippen LogP contribution in [0.1, 0.15) is 0 Å². The molecule has 2 heterocycles. The Morgan fingerprint density at radius 1 is 1.40 bits per heavy atom. The second kappa shape index (κ2) is 2.35. The summed E-state index contributed by atoms with van der Waals surface area (Å²) in [6, 6.07) is 1.99. The Kier molecular flexibility index (Phi) is 1.49. The molecule has 0 radical (unpaired) electrons. The molecule has 0 unspecified atom stereocenters. The van der Waals surface area contributed by atoms with E-state index in [4.69, 9.17) is 11.6 Å². The topological polar surface area (TPSA) is 25.8 Å². The summed E-state index contributed by atoms with van der Waals surface area (Å²) >= 11 is 6.15. The number of nitrogens with zero attached hydrogens (tertiary/aromatic N) is 2. The van der Waals surface area contributed by atoms with Crippen LogP contribution in [0.3, 0.4) is 0 Å². The van der Waals surface area contributed by atoms with Crippen molar-refractivity contribution in [2.75, 3.05) is 0 Å². The number of hydrogen-bond donors (Lipinski definition) is 0. The van der Waals surface area contributed by atoms with Crippen LogP contribution in [0.5, 0.6) is 0 Å². The fourth-order valence-electron chi connectivity index (χ4n) is 0.759. The first-order chi connectivity index (χ1) is 4.88. The molecular formula is C6H3ClN2Se. The SMILES string of the molecule is Clc1ncnc2cc[se]c12. The van der Waals surface area contributed by atoms with Gasteiger partial charge in [-0.2, -0.15) is 0 Å². The van der Waals surface area contributed by atoms with Gasteiger partial charge in [0, 0.05) is 0 Å². The summed E-state index contributed by atoms with van der Waals surface area (Å²) in [5, 5.41) is 0.606. The Morgan fingerprint density at radius 3 is 3.10 bits per heavy atom. The summed E-state index contributed by atoms with van der Waals surface area (Å²) in [4.78, 5) is 10.0. The fourth-order valence-corrected chi connectivity index (χ4v) is 2.65. The van der Waals surface area contributed by atoms with Gasteiger partial charge in [-0.25, -0.2) is 0 Å². The Labute approximate surface area is 68.6 Å². The molecule has 0 aromatic carbocycles. The van der Waals surface area contributed by atoms with Crippen molar-refractivity contribution in [1.82, 2.24) is 9.97 Å². The molecule has 0 N–H and O–H groups in total. The first-order valence-corrected chi connectivity index (χ1v) is 4.94. The number of rotatable bonds is 0. The van der Waals surface area contributed by atoms with Gasteiger partial charge in [0.05, 0.1) is 0 Å². The third kappa shape index (κ3) is 0.870. The van der Waals surface area contributed by atoms with Gasteiger partial charge in [-0.05, 0) is 0 Å². The molecule has 0 aliphatic rings. The summed E-state index contributed by atoms with van der Waals surface area (Å²) in [5.41, 5.74) is 0.986. The molecule has 2 aromatic heterocycles. The van der Waals surface area contributed by atoms with E-state index in [1.807, 2.05) is 6.07 Å². The molecule has 0 saturated heterocycles. The maximum absolute atomic E-state index is 5.79. The van der Waals surface area contributed by atoms with Crippen molar-refractivity contribution in [3.8, 4) is 0 Å². The van der Waals surface area contributed by atoms with Gasteiger partial charge in [0.1, 0.15) is 0 Å². The maximum atomic E-state index is 5.79. The third-order valence-electron chi connectivity index (χ3n) is 1.20. The zero-order valence-electron chi connectivity index (χ0n) is 4.91. The average molecular weight is 218 g/mol. The molecule has 0 saturated carbocycles. The molecule has 50 valence electrons. The quantitative estimate of drug-likeness (QED) is 0.492. The van der Waals surface area contributed by atoms with Crippen LogP contribution in [0.4, 0.5) is 0 Å². The Bertz CT molecular complexity index is 357. The molecule has 0 spiro atoms. The molecule has 0 atom stereocenters. The van der Waals surface area contributed by atoms with Crippen molar-refractivity contribution >= 4 is 35.9 Å². The van der Waals surface area contributed by atoms with Crippen LogP contribution in [0.15, 0.2) is 17.3 Å².